The number of hydrogen-bond acceptors (Lipinski definition) is 9. The Morgan fingerprint density at radius 3 is 1.41 bits per heavy atom. The number of carbonyl (C=O) groups is 4. The van der Waals surface area contributed by atoms with Crippen molar-refractivity contribution in [1.82, 2.24) is 16.3 Å². The number of nitrogens with two attached hydrogens (primary N) is 1. The van der Waals surface area contributed by atoms with E-state index < -0.39 is 11.9 Å². The summed E-state index contributed by atoms with van der Waals surface area (Å²) < 4.78 is 11.5. The maximum absolute atomic E-state index is 12.5. The van der Waals surface area contributed by atoms with Gasteiger partial charge in [0.1, 0.15) is 36.2 Å². The molecule has 0 aliphatic carbocycles. The molecule has 6 aromatic rings. The number of carboxylic acid groups (broad SMARTS) is 1. The van der Waals surface area contributed by atoms with E-state index in [9.17, 15) is 24.3 Å². The average molecular weight is 827 g/mol. The van der Waals surface area contributed by atoms with E-state index in [-0.39, 0.29) is 36.2 Å². The van der Waals surface area contributed by atoms with Gasteiger partial charge in [0.2, 0.25) is 11.8 Å². The third-order valence-electron chi connectivity index (χ3n) is 8.91. The van der Waals surface area contributed by atoms with E-state index in [1.807, 2.05) is 86.0 Å². The van der Waals surface area contributed by atoms with E-state index in [1.54, 1.807) is 60.7 Å². The molecule has 0 spiro atoms. The molecule has 0 fully saturated rings. The summed E-state index contributed by atoms with van der Waals surface area (Å²) in [7, 11) is 0. The number of carbonyl (C=O) groups excluding carboxylic acids is 3. The number of phenolic OH excluding ortho intramolecular Hbond substituents is 2. The summed E-state index contributed by atoms with van der Waals surface area (Å²) in [6, 6.07) is 43.0. The second-order valence-electron chi connectivity index (χ2n) is 13.5. The lowest BCUT2D eigenvalue weighted by atomic mass is 10.0. The highest BCUT2D eigenvalue weighted by atomic mass is 16.5. The third kappa shape index (κ3) is 15.9. The molecular weight excluding hydrogens is 777 g/mol. The number of ether oxygens (including phenoxy) is 2. The van der Waals surface area contributed by atoms with Crippen LogP contribution in [0.2, 0.25) is 0 Å². The zero-order valence-corrected chi connectivity index (χ0v) is 34.0. The number of hydrogen-bond donors (Lipinski definition) is 7. The van der Waals surface area contributed by atoms with E-state index in [0.717, 1.165) is 27.8 Å². The van der Waals surface area contributed by atoms with Crippen LogP contribution in [0.1, 0.15) is 67.9 Å². The van der Waals surface area contributed by atoms with Crippen LogP contribution in [0.25, 0.3) is 0 Å². The second-order valence-corrected chi connectivity index (χ2v) is 13.5. The summed E-state index contributed by atoms with van der Waals surface area (Å²) in [6.07, 6.45) is 1.54. The highest BCUT2D eigenvalue weighted by Gasteiger charge is 2.14. The van der Waals surface area contributed by atoms with Crippen molar-refractivity contribution < 1.29 is 44.0 Å². The third-order valence-corrected chi connectivity index (χ3v) is 8.91. The SMILES string of the molecule is CCc1cc(OCc2ccccc2)ccc1C(=O)NNC(=O)Cc1cccc(O)c1.CCc1cc(OCc2ccccc2)ccc1C(=O)O.NNC(=O)Cc1cccc(O)c1. The van der Waals surface area contributed by atoms with Gasteiger partial charge in [-0.3, -0.25) is 30.7 Å². The normalized spacial score (nSPS) is 10.1. The maximum atomic E-state index is 12.5. The molecule has 6 rings (SSSR count). The first-order valence-corrected chi connectivity index (χ1v) is 19.4. The van der Waals surface area contributed by atoms with Gasteiger partial charge in [-0.25, -0.2) is 10.6 Å². The van der Waals surface area contributed by atoms with Crippen LogP contribution in [0, 0.1) is 0 Å². The number of benzene rings is 6. The Morgan fingerprint density at radius 2 is 0.967 bits per heavy atom. The summed E-state index contributed by atoms with van der Waals surface area (Å²) in [5.41, 5.74) is 12.8. The largest absolute Gasteiger partial charge is 0.508 e. The number of aromatic hydroxyl groups is 2. The number of carboxylic acids is 1. The van der Waals surface area contributed by atoms with Gasteiger partial charge in [0, 0.05) is 5.56 Å². The Labute approximate surface area is 354 Å². The average Bonchev–Trinajstić information content (AvgIpc) is 3.27. The van der Waals surface area contributed by atoms with Crippen LogP contribution >= 0.6 is 0 Å². The van der Waals surface area contributed by atoms with Crippen molar-refractivity contribution in [1.29, 1.82) is 0 Å². The minimum absolute atomic E-state index is 0.0432. The first-order valence-electron chi connectivity index (χ1n) is 19.4. The zero-order valence-electron chi connectivity index (χ0n) is 34.0. The molecule has 0 aliphatic heterocycles. The molecule has 3 amide bonds. The van der Waals surface area contributed by atoms with Crippen molar-refractivity contribution in [3.05, 3.63) is 190 Å². The molecule has 8 N–H and O–H groups in total. The number of aryl methyl sites for hydroxylation is 2. The number of phenols is 2. The molecule has 0 unspecified atom stereocenters. The van der Waals surface area contributed by atoms with Gasteiger partial charge in [0.05, 0.1) is 18.4 Å². The van der Waals surface area contributed by atoms with Gasteiger partial charge in [-0.2, -0.15) is 0 Å². The van der Waals surface area contributed by atoms with Gasteiger partial charge < -0.3 is 24.8 Å². The second kappa shape index (κ2) is 24.3. The topological polar surface area (TPSA) is 210 Å². The highest BCUT2D eigenvalue weighted by Crippen LogP contribution is 2.21. The molecule has 13 heteroatoms. The quantitative estimate of drug-likeness (QED) is 0.0340. The summed E-state index contributed by atoms with van der Waals surface area (Å²) in [5.74, 6) is 4.56. The fourth-order valence-corrected chi connectivity index (χ4v) is 5.81. The van der Waals surface area contributed by atoms with Crippen molar-refractivity contribution in [2.45, 2.75) is 52.7 Å². The van der Waals surface area contributed by atoms with Gasteiger partial charge in [-0.15, -0.1) is 0 Å². The lowest BCUT2D eigenvalue weighted by Gasteiger charge is -2.13. The number of rotatable bonds is 14. The molecule has 0 aliphatic rings. The first-order chi connectivity index (χ1) is 29.5. The predicted molar refractivity (Wildman–Crippen MR) is 232 cm³/mol. The van der Waals surface area contributed by atoms with Crippen LogP contribution in [-0.4, -0.2) is 39.0 Å². The summed E-state index contributed by atoms with van der Waals surface area (Å²) in [6.45, 7) is 4.81. The molecule has 0 heterocycles. The van der Waals surface area contributed by atoms with E-state index in [1.165, 1.54) is 18.2 Å². The van der Waals surface area contributed by atoms with Gasteiger partial charge in [-0.05, 0) is 107 Å². The summed E-state index contributed by atoms with van der Waals surface area (Å²) in [4.78, 5) is 46.4. The Bertz CT molecular complexity index is 2360. The smallest absolute Gasteiger partial charge is 0.335 e. The molecule has 316 valence electrons. The van der Waals surface area contributed by atoms with E-state index >= 15 is 0 Å². The lowest BCUT2D eigenvalue weighted by Crippen LogP contribution is -2.42. The molecule has 61 heavy (non-hydrogen) atoms. The molecule has 0 radical (unpaired) electrons. The Hall–Kier alpha value is -7.64. The number of aromatic carboxylic acids is 1. The van der Waals surface area contributed by atoms with Gasteiger partial charge >= 0.3 is 5.97 Å². The first kappa shape index (κ1) is 46.1. The van der Waals surface area contributed by atoms with Crippen LogP contribution in [-0.2, 0) is 48.5 Å². The Balaban J connectivity index is 0.000000224. The molecule has 13 nitrogen and oxygen atoms in total. The molecule has 6 aromatic carbocycles. The van der Waals surface area contributed by atoms with Crippen LogP contribution in [0.5, 0.6) is 23.0 Å². The molecular formula is C48H50N4O9. The number of hydrazine groups is 2. The van der Waals surface area contributed by atoms with Crippen molar-refractivity contribution >= 4 is 23.7 Å². The highest BCUT2D eigenvalue weighted by molar-refractivity contribution is 5.97. The van der Waals surface area contributed by atoms with Crippen molar-refractivity contribution in [3.63, 3.8) is 0 Å². The van der Waals surface area contributed by atoms with Crippen LogP contribution in [0.15, 0.2) is 146 Å². The zero-order chi connectivity index (χ0) is 44.0. The van der Waals surface area contributed by atoms with Crippen molar-refractivity contribution in [2.75, 3.05) is 0 Å². The predicted octanol–water partition coefficient (Wildman–Crippen LogP) is 6.99. The molecule has 0 atom stereocenters. The standard InChI is InChI=1S/C24H24N2O4.C16H16O3.C8H10N2O2/c1-2-19-15-21(30-16-17-7-4-3-5-8-17)11-12-22(19)24(29)26-25-23(28)14-18-9-6-10-20(27)13-18;1-2-13-10-14(8-9-15(13)16(17)18)19-11-12-6-4-3-5-7-12;9-10-8(12)5-6-2-1-3-7(11)4-6/h3-13,15,27H,2,14,16H2,1H3,(H,25,28)(H,26,29);3-10H,2,11H2,1H3,(H,17,18);1-4,11H,5,9H2,(H,10,12). The van der Waals surface area contributed by atoms with Crippen LogP contribution < -0.4 is 31.6 Å². The summed E-state index contributed by atoms with van der Waals surface area (Å²) in [5, 5.41) is 27.6. The Kier molecular flexibility index (Phi) is 18.4. The van der Waals surface area contributed by atoms with Gasteiger partial charge in [0.25, 0.3) is 5.91 Å². The van der Waals surface area contributed by atoms with E-state index in [4.69, 9.17) is 25.5 Å². The Morgan fingerprint density at radius 1 is 0.525 bits per heavy atom. The van der Waals surface area contributed by atoms with E-state index in [2.05, 4.69) is 10.9 Å². The van der Waals surface area contributed by atoms with Crippen molar-refractivity contribution in [2.24, 2.45) is 5.84 Å². The van der Waals surface area contributed by atoms with E-state index in [0.29, 0.717) is 54.2 Å². The van der Waals surface area contributed by atoms with Gasteiger partial charge in [-0.1, -0.05) is 98.8 Å². The molecule has 0 saturated heterocycles. The molecule has 0 bridgehead atoms. The monoisotopic (exact) mass is 826 g/mol. The maximum Gasteiger partial charge on any atom is 0.335 e. The minimum atomic E-state index is -0.897. The molecule has 0 aromatic heterocycles. The number of amides is 3. The summed E-state index contributed by atoms with van der Waals surface area (Å²) >= 11 is 0. The lowest BCUT2D eigenvalue weighted by molar-refractivity contribution is -0.121. The fourth-order valence-electron chi connectivity index (χ4n) is 5.81. The number of nitrogens with one attached hydrogen (secondary N) is 3. The van der Waals surface area contributed by atoms with Crippen molar-refractivity contribution in [3.8, 4) is 23.0 Å². The molecule has 0 saturated carbocycles. The fraction of sp³-hybridized carbons (Fsp3) is 0.167. The van der Waals surface area contributed by atoms with Crippen LogP contribution in [0.4, 0.5) is 0 Å². The van der Waals surface area contributed by atoms with Gasteiger partial charge in [0.15, 0.2) is 0 Å². The van der Waals surface area contributed by atoms with Crippen LogP contribution in [0.3, 0.4) is 0 Å². The minimum Gasteiger partial charge on any atom is -0.508 e.